The van der Waals surface area contributed by atoms with Crippen molar-refractivity contribution in [3.05, 3.63) is 22.7 Å². The number of hydrogen-bond donors (Lipinski definition) is 1. The van der Waals surface area contributed by atoms with Crippen molar-refractivity contribution in [1.82, 2.24) is 5.32 Å². The monoisotopic (exact) mass is 271 g/mol. The Labute approximate surface area is 112 Å². The van der Waals surface area contributed by atoms with Crippen LogP contribution in [-0.4, -0.2) is 26.6 Å². The summed E-state index contributed by atoms with van der Waals surface area (Å²) >= 11 is 6.12. The molecule has 4 nitrogen and oxygen atoms in total. The van der Waals surface area contributed by atoms with Crippen LogP contribution < -0.4 is 14.8 Å². The lowest BCUT2D eigenvalue weighted by atomic mass is 10.1. The van der Waals surface area contributed by atoms with Gasteiger partial charge in [-0.15, -0.1) is 0 Å². The minimum absolute atomic E-state index is 0.246. The Morgan fingerprint density at radius 3 is 3.06 bits per heavy atom. The van der Waals surface area contributed by atoms with Crippen molar-refractivity contribution >= 4 is 11.6 Å². The van der Waals surface area contributed by atoms with Gasteiger partial charge in [-0.2, -0.15) is 0 Å². The molecule has 0 aliphatic carbocycles. The molecule has 5 heteroatoms. The Bertz CT molecular complexity index is 411. The molecule has 1 aromatic carbocycles. The van der Waals surface area contributed by atoms with E-state index in [1.165, 1.54) is 0 Å². The average Bonchev–Trinajstić information content (AvgIpc) is 2.82. The predicted octanol–water partition coefficient (Wildman–Crippen LogP) is 2.58. The van der Waals surface area contributed by atoms with Crippen LogP contribution in [0.15, 0.2) is 12.1 Å². The van der Waals surface area contributed by atoms with E-state index in [-0.39, 0.29) is 6.79 Å². The molecular formula is C13H18ClNO3. The lowest BCUT2D eigenvalue weighted by Gasteiger charge is -2.13. The number of hydrogen-bond acceptors (Lipinski definition) is 4. The van der Waals surface area contributed by atoms with E-state index >= 15 is 0 Å². The van der Waals surface area contributed by atoms with E-state index in [0.717, 1.165) is 30.9 Å². The lowest BCUT2D eigenvalue weighted by molar-refractivity contribution is 0.174. The molecule has 0 aromatic heterocycles. The van der Waals surface area contributed by atoms with Gasteiger partial charge in [0.2, 0.25) is 6.79 Å². The minimum atomic E-state index is 0.246. The van der Waals surface area contributed by atoms with Crippen molar-refractivity contribution < 1.29 is 14.2 Å². The molecule has 100 valence electrons. The third-order valence-corrected chi connectivity index (χ3v) is 3.18. The molecule has 0 radical (unpaired) electrons. The van der Waals surface area contributed by atoms with E-state index in [1.807, 2.05) is 12.1 Å². The molecule has 18 heavy (non-hydrogen) atoms. The van der Waals surface area contributed by atoms with Crippen LogP contribution in [-0.2, 0) is 11.3 Å². The van der Waals surface area contributed by atoms with Gasteiger partial charge < -0.3 is 19.5 Å². The summed E-state index contributed by atoms with van der Waals surface area (Å²) in [5.74, 6) is 1.37. The summed E-state index contributed by atoms with van der Waals surface area (Å²) in [5.41, 5.74) is 1.09. The molecule has 0 fully saturated rings. The third-order valence-electron chi connectivity index (χ3n) is 2.90. The van der Waals surface area contributed by atoms with Gasteiger partial charge in [-0.25, -0.2) is 0 Å². The van der Waals surface area contributed by atoms with E-state index in [1.54, 1.807) is 7.11 Å². The Hall–Kier alpha value is -0.970. The Morgan fingerprint density at radius 1 is 1.44 bits per heavy atom. The molecular weight excluding hydrogens is 254 g/mol. The highest BCUT2D eigenvalue weighted by molar-refractivity contribution is 6.32. The lowest BCUT2D eigenvalue weighted by Crippen LogP contribution is -2.26. The van der Waals surface area contributed by atoms with Crippen molar-refractivity contribution in [2.75, 3.05) is 20.5 Å². The van der Waals surface area contributed by atoms with Gasteiger partial charge in [-0.1, -0.05) is 11.6 Å². The first-order valence-corrected chi connectivity index (χ1v) is 6.39. The maximum absolute atomic E-state index is 6.12. The van der Waals surface area contributed by atoms with Crippen LogP contribution in [0.1, 0.15) is 18.9 Å². The zero-order valence-corrected chi connectivity index (χ0v) is 11.4. The summed E-state index contributed by atoms with van der Waals surface area (Å²) in [6.45, 7) is 3.89. The molecule has 0 saturated carbocycles. The second kappa shape index (κ2) is 6.27. The smallest absolute Gasteiger partial charge is 0.231 e. The van der Waals surface area contributed by atoms with E-state index in [0.29, 0.717) is 16.8 Å². The first-order chi connectivity index (χ1) is 8.70. The van der Waals surface area contributed by atoms with Crippen LogP contribution in [0.4, 0.5) is 0 Å². The summed E-state index contributed by atoms with van der Waals surface area (Å²) in [5, 5.41) is 4.02. The fourth-order valence-corrected chi connectivity index (χ4v) is 2.10. The first kappa shape index (κ1) is 13.5. The fraction of sp³-hybridized carbons (Fsp3) is 0.538. The van der Waals surface area contributed by atoms with Crippen molar-refractivity contribution in [3.63, 3.8) is 0 Å². The van der Waals surface area contributed by atoms with E-state index < -0.39 is 0 Å². The average molecular weight is 272 g/mol. The van der Waals surface area contributed by atoms with E-state index in [9.17, 15) is 0 Å². The minimum Gasteiger partial charge on any atom is -0.454 e. The van der Waals surface area contributed by atoms with Gasteiger partial charge >= 0.3 is 0 Å². The number of ether oxygens (including phenoxy) is 3. The zero-order valence-electron chi connectivity index (χ0n) is 10.7. The maximum Gasteiger partial charge on any atom is 0.231 e. The third kappa shape index (κ3) is 3.28. The summed E-state index contributed by atoms with van der Waals surface area (Å²) in [6, 6.07) is 4.27. The van der Waals surface area contributed by atoms with Crippen LogP contribution in [0.25, 0.3) is 0 Å². The molecule has 1 aliphatic heterocycles. The Balaban J connectivity index is 1.92. The molecule has 1 unspecified atom stereocenters. The predicted molar refractivity (Wildman–Crippen MR) is 70.4 cm³/mol. The van der Waals surface area contributed by atoms with Crippen LogP contribution in [0, 0.1) is 0 Å². The summed E-state index contributed by atoms with van der Waals surface area (Å²) in [7, 11) is 1.71. The highest BCUT2D eigenvalue weighted by Crippen LogP contribution is 2.39. The van der Waals surface area contributed by atoms with Gasteiger partial charge in [0.25, 0.3) is 0 Å². The maximum atomic E-state index is 6.12. The summed E-state index contributed by atoms with van der Waals surface area (Å²) < 4.78 is 15.7. The first-order valence-electron chi connectivity index (χ1n) is 6.01. The second-order valence-corrected chi connectivity index (χ2v) is 4.78. The van der Waals surface area contributed by atoms with Crippen molar-refractivity contribution in [2.24, 2.45) is 0 Å². The van der Waals surface area contributed by atoms with Gasteiger partial charge in [-0.3, -0.25) is 0 Å². The van der Waals surface area contributed by atoms with Gasteiger partial charge in [0.15, 0.2) is 11.5 Å². The van der Waals surface area contributed by atoms with Crippen molar-refractivity contribution in [3.8, 4) is 11.5 Å². The molecule has 1 aromatic rings. The van der Waals surface area contributed by atoms with Gasteiger partial charge in [0.05, 0.1) is 5.02 Å². The number of rotatable bonds is 6. The summed E-state index contributed by atoms with van der Waals surface area (Å²) in [6.07, 6.45) is 0.981. The highest BCUT2D eigenvalue weighted by atomic mass is 35.5. The van der Waals surface area contributed by atoms with Crippen molar-refractivity contribution in [1.29, 1.82) is 0 Å². The number of nitrogens with one attached hydrogen (secondary N) is 1. The Morgan fingerprint density at radius 2 is 2.28 bits per heavy atom. The Kier molecular flexibility index (Phi) is 4.69. The van der Waals surface area contributed by atoms with Gasteiger partial charge in [-0.05, 0) is 31.0 Å². The largest absolute Gasteiger partial charge is 0.454 e. The molecule has 2 rings (SSSR count). The van der Waals surface area contributed by atoms with Crippen LogP contribution >= 0.6 is 11.6 Å². The normalized spacial score (nSPS) is 14.8. The number of fused-ring (bicyclic) bond motifs is 1. The standard InChI is InChI=1S/C13H18ClNO3/c1-9(3-4-16-2)15-7-10-5-11(14)13-12(6-10)17-8-18-13/h5-6,9,15H,3-4,7-8H2,1-2H3. The molecule has 0 bridgehead atoms. The molecule has 1 heterocycles. The highest BCUT2D eigenvalue weighted by Gasteiger charge is 2.18. The quantitative estimate of drug-likeness (QED) is 0.863. The molecule has 0 spiro atoms. The zero-order chi connectivity index (χ0) is 13.0. The van der Waals surface area contributed by atoms with Crippen molar-refractivity contribution in [2.45, 2.75) is 25.9 Å². The van der Waals surface area contributed by atoms with E-state index in [4.69, 9.17) is 25.8 Å². The molecule has 1 aliphatic rings. The van der Waals surface area contributed by atoms with Crippen LogP contribution in [0.2, 0.25) is 5.02 Å². The van der Waals surface area contributed by atoms with Gasteiger partial charge in [0, 0.05) is 26.3 Å². The second-order valence-electron chi connectivity index (χ2n) is 4.37. The summed E-state index contributed by atoms with van der Waals surface area (Å²) in [4.78, 5) is 0. The van der Waals surface area contributed by atoms with E-state index in [2.05, 4.69) is 12.2 Å². The van der Waals surface area contributed by atoms with Crippen LogP contribution in [0.3, 0.4) is 0 Å². The van der Waals surface area contributed by atoms with Gasteiger partial charge in [0.1, 0.15) is 0 Å². The fourth-order valence-electron chi connectivity index (χ4n) is 1.81. The number of methoxy groups -OCH3 is 1. The SMILES string of the molecule is COCCC(C)NCc1cc(Cl)c2c(c1)OCO2. The molecule has 1 N–H and O–H groups in total. The topological polar surface area (TPSA) is 39.7 Å². The number of halogens is 1. The molecule has 0 saturated heterocycles. The molecule has 0 amide bonds. The number of benzene rings is 1. The molecule has 1 atom stereocenters. The van der Waals surface area contributed by atoms with Crippen LogP contribution in [0.5, 0.6) is 11.5 Å².